The fraction of sp³-hybridized carbons (Fsp3) is 0.643. The van der Waals surface area contributed by atoms with Crippen molar-refractivity contribution in [1.82, 2.24) is 4.98 Å². The van der Waals surface area contributed by atoms with E-state index >= 15 is 0 Å². The van der Waals surface area contributed by atoms with E-state index in [0.717, 1.165) is 18.9 Å². The molecule has 1 aromatic rings. The van der Waals surface area contributed by atoms with E-state index < -0.39 is 0 Å². The van der Waals surface area contributed by atoms with Gasteiger partial charge in [0.1, 0.15) is 11.6 Å². The second kappa shape index (κ2) is 5.76. The van der Waals surface area contributed by atoms with Crippen LogP contribution in [-0.2, 0) is 0 Å². The summed E-state index contributed by atoms with van der Waals surface area (Å²) < 4.78 is 0. The topological polar surface area (TPSA) is 28.2 Å². The van der Waals surface area contributed by atoms with Gasteiger partial charge >= 0.3 is 0 Å². The molecule has 1 N–H and O–H groups in total. The number of nitrogens with one attached hydrogen (secondary N) is 1. The number of hydrogen-bond acceptors (Lipinski definition) is 3. The highest BCUT2D eigenvalue weighted by Gasteiger charge is 2.29. The Morgan fingerprint density at radius 3 is 2.47 bits per heavy atom. The molecule has 1 aliphatic rings. The summed E-state index contributed by atoms with van der Waals surface area (Å²) in [6, 6.07) is 1.77. The van der Waals surface area contributed by atoms with E-state index in [1.807, 2.05) is 7.05 Å². The van der Waals surface area contributed by atoms with Gasteiger partial charge in [-0.25, -0.2) is 4.98 Å². The van der Waals surface area contributed by atoms with Gasteiger partial charge in [0.25, 0.3) is 0 Å². The molecule has 0 aromatic carbocycles. The minimum Gasteiger partial charge on any atom is -0.372 e. The molecule has 19 heavy (non-hydrogen) atoms. The summed E-state index contributed by atoms with van der Waals surface area (Å²) in [5.41, 5.74) is 0.460. The Morgan fingerprint density at radius 1 is 1.32 bits per heavy atom. The zero-order valence-electron chi connectivity index (χ0n) is 11.8. The summed E-state index contributed by atoms with van der Waals surface area (Å²) in [6.45, 7) is 6.63. The molecule has 1 aliphatic heterocycles. The Labute approximate surface area is 125 Å². The first-order valence-corrected chi connectivity index (χ1v) is 7.53. The van der Waals surface area contributed by atoms with Gasteiger partial charge in [0.15, 0.2) is 0 Å². The van der Waals surface area contributed by atoms with Crippen molar-refractivity contribution in [3.05, 3.63) is 16.1 Å². The quantitative estimate of drug-likeness (QED) is 0.894. The van der Waals surface area contributed by atoms with Crippen LogP contribution in [0.5, 0.6) is 0 Å². The van der Waals surface area contributed by atoms with E-state index in [0.29, 0.717) is 21.3 Å². The molecule has 0 saturated carbocycles. The van der Waals surface area contributed by atoms with Gasteiger partial charge in [0, 0.05) is 20.1 Å². The third kappa shape index (κ3) is 3.09. The van der Waals surface area contributed by atoms with Crippen LogP contribution in [0.3, 0.4) is 0 Å². The molecule has 1 fully saturated rings. The fourth-order valence-electron chi connectivity index (χ4n) is 2.47. The van der Waals surface area contributed by atoms with E-state index in [4.69, 9.17) is 23.2 Å². The van der Waals surface area contributed by atoms with Gasteiger partial charge in [-0.2, -0.15) is 0 Å². The second-order valence-corrected chi connectivity index (χ2v) is 6.34. The van der Waals surface area contributed by atoms with Gasteiger partial charge in [-0.15, -0.1) is 0 Å². The van der Waals surface area contributed by atoms with Crippen LogP contribution < -0.4 is 10.2 Å². The fourth-order valence-corrected chi connectivity index (χ4v) is 3.04. The van der Waals surface area contributed by atoms with Crippen LogP contribution in [0.25, 0.3) is 0 Å². The van der Waals surface area contributed by atoms with E-state index in [2.05, 4.69) is 29.0 Å². The Bertz CT molecular complexity index is 454. The molecule has 1 aromatic heterocycles. The second-order valence-electron chi connectivity index (χ2n) is 5.53. The molecule has 0 amide bonds. The lowest BCUT2D eigenvalue weighted by Crippen LogP contribution is -2.39. The standard InChI is InChI=1S/C14H21Cl2N3/c1-4-14(2)5-7-19(8-6-14)13-11(16)9-10(15)12(17-3)18-13/h9H,4-8H2,1-3H3,(H,17,18). The molecule has 0 spiro atoms. The molecule has 0 aliphatic carbocycles. The van der Waals surface area contributed by atoms with Crippen molar-refractivity contribution in [2.45, 2.75) is 33.1 Å². The third-order valence-corrected chi connectivity index (χ3v) is 4.84. The minimum absolute atomic E-state index is 0.460. The lowest BCUT2D eigenvalue weighted by atomic mass is 9.78. The van der Waals surface area contributed by atoms with E-state index in [9.17, 15) is 0 Å². The molecule has 3 nitrogen and oxygen atoms in total. The first-order valence-electron chi connectivity index (χ1n) is 6.78. The van der Waals surface area contributed by atoms with Gasteiger partial charge in [-0.1, -0.05) is 43.5 Å². The number of halogens is 2. The van der Waals surface area contributed by atoms with Crippen molar-refractivity contribution < 1.29 is 0 Å². The Balaban J connectivity index is 2.20. The summed E-state index contributed by atoms with van der Waals surface area (Å²) in [5, 5.41) is 4.19. The van der Waals surface area contributed by atoms with Gasteiger partial charge in [0.2, 0.25) is 0 Å². The molecule has 106 valence electrons. The average Bonchev–Trinajstić information content (AvgIpc) is 2.40. The predicted octanol–water partition coefficient (Wildman–Crippen LogP) is 4.45. The summed E-state index contributed by atoms with van der Waals surface area (Å²) in [4.78, 5) is 6.80. The lowest BCUT2D eigenvalue weighted by molar-refractivity contribution is 0.238. The summed E-state index contributed by atoms with van der Waals surface area (Å²) in [7, 11) is 1.82. The van der Waals surface area contributed by atoms with Crippen molar-refractivity contribution in [2.24, 2.45) is 5.41 Å². The van der Waals surface area contributed by atoms with Crippen molar-refractivity contribution in [1.29, 1.82) is 0 Å². The zero-order chi connectivity index (χ0) is 14.0. The van der Waals surface area contributed by atoms with Crippen LogP contribution in [0.2, 0.25) is 10.0 Å². The maximum Gasteiger partial charge on any atom is 0.149 e. The Kier molecular flexibility index (Phi) is 4.46. The number of piperidine rings is 1. The molecule has 0 atom stereocenters. The first-order chi connectivity index (χ1) is 8.99. The number of anilines is 2. The Morgan fingerprint density at radius 2 is 1.95 bits per heavy atom. The summed E-state index contributed by atoms with van der Waals surface area (Å²) >= 11 is 12.4. The van der Waals surface area contributed by atoms with Crippen molar-refractivity contribution in [2.75, 3.05) is 30.4 Å². The third-order valence-electron chi connectivity index (χ3n) is 4.27. The van der Waals surface area contributed by atoms with Gasteiger partial charge in [0.05, 0.1) is 10.0 Å². The van der Waals surface area contributed by atoms with Gasteiger partial charge in [-0.3, -0.25) is 0 Å². The number of aromatic nitrogens is 1. The van der Waals surface area contributed by atoms with E-state index in [1.54, 1.807) is 6.07 Å². The number of hydrogen-bond donors (Lipinski definition) is 1. The number of rotatable bonds is 3. The molecule has 1 saturated heterocycles. The van der Waals surface area contributed by atoms with Crippen molar-refractivity contribution in [3.8, 4) is 0 Å². The van der Waals surface area contributed by atoms with Crippen molar-refractivity contribution in [3.63, 3.8) is 0 Å². The monoisotopic (exact) mass is 301 g/mol. The smallest absolute Gasteiger partial charge is 0.149 e. The number of pyridine rings is 1. The summed E-state index contributed by atoms with van der Waals surface area (Å²) in [5.74, 6) is 1.53. The average molecular weight is 302 g/mol. The minimum atomic E-state index is 0.460. The predicted molar refractivity (Wildman–Crippen MR) is 83.6 cm³/mol. The molecular weight excluding hydrogens is 281 g/mol. The molecule has 5 heteroatoms. The van der Waals surface area contributed by atoms with Crippen LogP contribution in [-0.4, -0.2) is 25.1 Å². The molecule has 0 bridgehead atoms. The Hall–Kier alpha value is -0.670. The maximum absolute atomic E-state index is 6.28. The summed E-state index contributed by atoms with van der Waals surface area (Å²) in [6.07, 6.45) is 3.59. The van der Waals surface area contributed by atoms with Crippen LogP contribution in [0.4, 0.5) is 11.6 Å². The highest BCUT2D eigenvalue weighted by molar-refractivity contribution is 6.37. The molecular formula is C14H21Cl2N3. The normalized spacial score (nSPS) is 18.5. The molecule has 0 radical (unpaired) electrons. The van der Waals surface area contributed by atoms with Gasteiger partial charge in [-0.05, 0) is 24.3 Å². The molecule has 0 unspecified atom stereocenters. The van der Waals surface area contributed by atoms with Crippen LogP contribution in [0, 0.1) is 5.41 Å². The highest BCUT2D eigenvalue weighted by Crippen LogP contribution is 2.38. The lowest BCUT2D eigenvalue weighted by Gasteiger charge is -2.39. The van der Waals surface area contributed by atoms with Crippen LogP contribution >= 0.6 is 23.2 Å². The van der Waals surface area contributed by atoms with Crippen LogP contribution in [0.1, 0.15) is 33.1 Å². The number of nitrogens with zero attached hydrogens (tertiary/aromatic N) is 2. The zero-order valence-corrected chi connectivity index (χ0v) is 13.3. The largest absolute Gasteiger partial charge is 0.372 e. The maximum atomic E-state index is 6.28. The molecule has 2 heterocycles. The first kappa shape index (κ1) is 14.7. The van der Waals surface area contributed by atoms with Crippen molar-refractivity contribution >= 4 is 34.8 Å². The highest BCUT2D eigenvalue weighted by atomic mass is 35.5. The SMILES string of the molecule is CCC1(C)CCN(c2nc(NC)c(Cl)cc2Cl)CC1. The van der Waals surface area contributed by atoms with E-state index in [1.165, 1.54) is 19.3 Å². The van der Waals surface area contributed by atoms with E-state index in [-0.39, 0.29) is 0 Å². The molecule has 2 rings (SSSR count). The van der Waals surface area contributed by atoms with Gasteiger partial charge < -0.3 is 10.2 Å². The van der Waals surface area contributed by atoms with Crippen LogP contribution in [0.15, 0.2) is 6.07 Å².